The van der Waals surface area contributed by atoms with Gasteiger partial charge in [-0.05, 0) is 55.8 Å². The standard InChI is InChI=1S/C21H21NO4S/c23-15-5-3-4-14(12-15)13-25-21(24)20-19(26-16-8-10-22-11-9-16)17-6-1-2-7-18(17)27-20/h1-7,12,16,22-23H,8-11,13H2. The number of carbonyl (C=O) groups is 1. The molecule has 3 aromatic rings. The van der Waals surface area contributed by atoms with Gasteiger partial charge in [-0.3, -0.25) is 0 Å². The minimum Gasteiger partial charge on any atom is -0.508 e. The molecular formula is C21H21NO4S. The molecule has 140 valence electrons. The smallest absolute Gasteiger partial charge is 0.352 e. The van der Waals surface area contributed by atoms with Crippen LogP contribution in [-0.4, -0.2) is 30.3 Å². The maximum absolute atomic E-state index is 12.8. The first-order valence-electron chi connectivity index (χ1n) is 9.04. The Hall–Kier alpha value is -2.57. The second-order valence-corrected chi connectivity index (χ2v) is 7.62. The first kappa shape index (κ1) is 17.8. The first-order valence-corrected chi connectivity index (χ1v) is 9.86. The summed E-state index contributed by atoms with van der Waals surface area (Å²) in [5.41, 5.74) is 0.741. The lowest BCUT2D eigenvalue weighted by Crippen LogP contribution is -2.34. The molecule has 2 aromatic carbocycles. The van der Waals surface area contributed by atoms with Gasteiger partial charge < -0.3 is 19.9 Å². The van der Waals surface area contributed by atoms with E-state index in [0.29, 0.717) is 10.6 Å². The van der Waals surface area contributed by atoms with Gasteiger partial charge in [0.1, 0.15) is 18.5 Å². The number of nitrogens with one attached hydrogen (secondary N) is 1. The molecule has 1 aromatic heterocycles. The third-order valence-electron chi connectivity index (χ3n) is 4.59. The Morgan fingerprint density at radius 2 is 1.96 bits per heavy atom. The predicted molar refractivity (Wildman–Crippen MR) is 106 cm³/mol. The van der Waals surface area contributed by atoms with Gasteiger partial charge in [0, 0.05) is 10.1 Å². The number of phenols is 1. The van der Waals surface area contributed by atoms with Gasteiger partial charge in [-0.25, -0.2) is 4.79 Å². The molecule has 0 aliphatic carbocycles. The summed E-state index contributed by atoms with van der Waals surface area (Å²) in [5.74, 6) is 0.382. The highest BCUT2D eigenvalue weighted by Crippen LogP contribution is 2.39. The van der Waals surface area contributed by atoms with E-state index >= 15 is 0 Å². The van der Waals surface area contributed by atoms with Crippen LogP contribution in [0.4, 0.5) is 0 Å². The number of carbonyl (C=O) groups excluding carboxylic acids is 1. The Morgan fingerprint density at radius 1 is 1.15 bits per heavy atom. The van der Waals surface area contributed by atoms with E-state index in [4.69, 9.17) is 9.47 Å². The summed E-state index contributed by atoms with van der Waals surface area (Å²) in [5, 5.41) is 13.8. The van der Waals surface area contributed by atoms with Gasteiger partial charge in [0.2, 0.25) is 0 Å². The number of phenolic OH excluding ortho intramolecular Hbond substituents is 1. The molecule has 0 bridgehead atoms. The minimum absolute atomic E-state index is 0.0990. The normalized spacial score (nSPS) is 15.0. The van der Waals surface area contributed by atoms with E-state index in [-0.39, 0.29) is 18.5 Å². The molecule has 5 nitrogen and oxygen atoms in total. The zero-order valence-corrected chi connectivity index (χ0v) is 15.6. The van der Waals surface area contributed by atoms with Crippen molar-refractivity contribution in [2.45, 2.75) is 25.6 Å². The van der Waals surface area contributed by atoms with Crippen LogP contribution in [0, 0.1) is 0 Å². The van der Waals surface area contributed by atoms with E-state index in [1.807, 2.05) is 30.3 Å². The number of piperidine rings is 1. The Labute approximate surface area is 161 Å². The van der Waals surface area contributed by atoms with Crippen molar-refractivity contribution in [1.29, 1.82) is 0 Å². The average molecular weight is 383 g/mol. The third-order valence-corrected chi connectivity index (χ3v) is 5.72. The summed E-state index contributed by atoms with van der Waals surface area (Å²) >= 11 is 1.39. The SMILES string of the molecule is O=C(OCc1cccc(O)c1)c1sc2ccccc2c1OC1CCNCC1. The average Bonchev–Trinajstić information content (AvgIpc) is 3.06. The number of aromatic hydroxyl groups is 1. The van der Waals surface area contributed by atoms with Gasteiger partial charge >= 0.3 is 5.97 Å². The molecular weight excluding hydrogens is 362 g/mol. The molecule has 4 rings (SSSR count). The molecule has 0 spiro atoms. The quantitative estimate of drug-likeness (QED) is 0.650. The van der Waals surface area contributed by atoms with Crippen LogP contribution in [0.1, 0.15) is 28.1 Å². The summed E-state index contributed by atoms with van der Waals surface area (Å²) in [6.07, 6.45) is 1.94. The van der Waals surface area contributed by atoms with Crippen LogP contribution in [0.25, 0.3) is 10.1 Å². The molecule has 0 amide bonds. The Bertz CT molecular complexity index is 946. The molecule has 27 heavy (non-hydrogen) atoms. The highest BCUT2D eigenvalue weighted by atomic mass is 32.1. The zero-order chi connectivity index (χ0) is 18.6. The van der Waals surface area contributed by atoms with E-state index in [1.165, 1.54) is 11.3 Å². The predicted octanol–water partition coefficient (Wildman–Crippen LogP) is 4.09. The number of ether oxygens (including phenoxy) is 2. The number of fused-ring (bicyclic) bond motifs is 1. The molecule has 6 heteroatoms. The van der Waals surface area contributed by atoms with E-state index < -0.39 is 5.97 Å². The summed E-state index contributed by atoms with van der Waals surface area (Å²) in [4.78, 5) is 13.3. The number of benzene rings is 2. The van der Waals surface area contributed by atoms with E-state index in [2.05, 4.69) is 5.32 Å². The Kier molecular flexibility index (Phi) is 5.27. The van der Waals surface area contributed by atoms with Crippen molar-refractivity contribution in [1.82, 2.24) is 5.32 Å². The second-order valence-electron chi connectivity index (χ2n) is 6.57. The highest BCUT2D eigenvalue weighted by molar-refractivity contribution is 7.21. The third kappa shape index (κ3) is 4.07. The van der Waals surface area contributed by atoms with Crippen LogP contribution >= 0.6 is 11.3 Å². The van der Waals surface area contributed by atoms with Crippen molar-refractivity contribution >= 4 is 27.4 Å². The fourth-order valence-electron chi connectivity index (χ4n) is 3.21. The second kappa shape index (κ2) is 7.98. The van der Waals surface area contributed by atoms with Crippen molar-refractivity contribution in [2.24, 2.45) is 0 Å². The van der Waals surface area contributed by atoms with Gasteiger partial charge in [0.15, 0.2) is 10.6 Å². The number of thiophene rings is 1. The van der Waals surface area contributed by atoms with Crippen molar-refractivity contribution in [2.75, 3.05) is 13.1 Å². The van der Waals surface area contributed by atoms with Crippen molar-refractivity contribution in [3.63, 3.8) is 0 Å². The number of esters is 1. The first-order chi connectivity index (χ1) is 13.2. The number of hydrogen-bond acceptors (Lipinski definition) is 6. The van der Waals surface area contributed by atoms with Crippen LogP contribution in [-0.2, 0) is 11.3 Å². The summed E-state index contributed by atoms with van der Waals surface area (Å²) in [6.45, 7) is 1.95. The Morgan fingerprint density at radius 3 is 2.78 bits per heavy atom. The maximum Gasteiger partial charge on any atom is 0.352 e. The Balaban J connectivity index is 1.57. The zero-order valence-electron chi connectivity index (χ0n) is 14.8. The van der Waals surface area contributed by atoms with Gasteiger partial charge in [-0.1, -0.05) is 24.3 Å². The lowest BCUT2D eigenvalue weighted by atomic mass is 10.1. The number of hydrogen-bond donors (Lipinski definition) is 2. The molecule has 2 heterocycles. The van der Waals surface area contributed by atoms with Crippen LogP contribution in [0.15, 0.2) is 48.5 Å². The van der Waals surface area contributed by atoms with E-state index in [0.717, 1.165) is 41.6 Å². The monoisotopic (exact) mass is 383 g/mol. The molecule has 1 fully saturated rings. The molecule has 0 radical (unpaired) electrons. The summed E-state index contributed by atoms with van der Waals surface area (Å²) < 4.78 is 12.8. The molecule has 1 aliphatic rings. The fraction of sp³-hybridized carbons (Fsp3) is 0.286. The topological polar surface area (TPSA) is 67.8 Å². The van der Waals surface area contributed by atoms with Crippen molar-refractivity contribution in [3.8, 4) is 11.5 Å². The van der Waals surface area contributed by atoms with Gasteiger partial charge in [0.05, 0.1) is 0 Å². The van der Waals surface area contributed by atoms with Crippen LogP contribution < -0.4 is 10.1 Å². The molecule has 2 N–H and O–H groups in total. The summed E-state index contributed by atoms with van der Waals surface area (Å²) in [6, 6.07) is 14.6. The lowest BCUT2D eigenvalue weighted by Gasteiger charge is -2.24. The van der Waals surface area contributed by atoms with E-state index in [9.17, 15) is 9.90 Å². The van der Waals surface area contributed by atoms with Gasteiger partial charge in [0.25, 0.3) is 0 Å². The minimum atomic E-state index is -0.400. The van der Waals surface area contributed by atoms with Crippen LogP contribution in [0.2, 0.25) is 0 Å². The van der Waals surface area contributed by atoms with Gasteiger partial charge in [-0.15, -0.1) is 11.3 Å². The van der Waals surface area contributed by atoms with Crippen LogP contribution in [0.3, 0.4) is 0 Å². The van der Waals surface area contributed by atoms with Crippen molar-refractivity contribution in [3.05, 3.63) is 59.0 Å². The molecule has 0 unspecified atom stereocenters. The summed E-state index contributed by atoms with van der Waals surface area (Å²) in [7, 11) is 0. The van der Waals surface area contributed by atoms with Crippen molar-refractivity contribution < 1.29 is 19.4 Å². The fourth-order valence-corrected chi connectivity index (χ4v) is 4.24. The molecule has 0 atom stereocenters. The van der Waals surface area contributed by atoms with E-state index in [1.54, 1.807) is 18.2 Å². The molecule has 1 saturated heterocycles. The van der Waals surface area contributed by atoms with Gasteiger partial charge in [-0.2, -0.15) is 0 Å². The largest absolute Gasteiger partial charge is 0.508 e. The lowest BCUT2D eigenvalue weighted by molar-refractivity contribution is 0.0470. The maximum atomic E-state index is 12.8. The molecule has 1 aliphatic heterocycles. The highest BCUT2D eigenvalue weighted by Gasteiger charge is 2.24. The number of rotatable bonds is 5. The molecule has 0 saturated carbocycles. The van der Waals surface area contributed by atoms with Crippen LogP contribution in [0.5, 0.6) is 11.5 Å².